The number of benzene rings is 1. The van der Waals surface area contributed by atoms with Gasteiger partial charge in [0.05, 0.1) is 17.3 Å². The summed E-state index contributed by atoms with van der Waals surface area (Å²) in [5.74, 6) is -0.0336. The summed E-state index contributed by atoms with van der Waals surface area (Å²) in [6, 6.07) is 8.96. The van der Waals surface area contributed by atoms with Crippen LogP contribution in [-0.4, -0.2) is 18.6 Å². The number of carbonyl (C=O) groups is 1. The van der Waals surface area contributed by atoms with Crippen LogP contribution in [0.15, 0.2) is 39.5 Å². The van der Waals surface area contributed by atoms with Gasteiger partial charge in [-0.1, -0.05) is 54.2 Å². The number of allylic oxidation sites excluding steroid dienone is 1. The first-order valence-electron chi connectivity index (χ1n) is 9.65. The molecule has 1 fully saturated rings. The Balaban J connectivity index is 2.17. The topological polar surface area (TPSA) is 89.2 Å². The molecule has 1 aromatic carbocycles. The molecule has 0 radical (unpaired) electrons. The number of thioether (sulfide) groups is 1. The molecule has 0 atom stereocenters. The zero-order chi connectivity index (χ0) is 21.7. The van der Waals surface area contributed by atoms with Crippen molar-refractivity contribution >= 4 is 46.6 Å². The summed E-state index contributed by atoms with van der Waals surface area (Å²) in [5, 5.41) is 23.6. The fraction of sp³-hybridized carbons (Fsp3) is 0.381. The number of nitriles is 2. The van der Waals surface area contributed by atoms with Crippen molar-refractivity contribution in [3.8, 4) is 12.1 Å². The molecule has 0 saturated heterocycles. The Hall–Kier alpha value is -2.32. The van der Waals surface area contributed by atoms with Crippen LogP contribution in [0.3, 0.4) is 0 Å². The van der Waals surface area contributed by atoms with Gasteiger partial charge in [0.25, 0.3) is 0 Å². The highest BCUT2D eigenvalue weighted by atomic mass is 35.5. The van der Waals surface area contributed by atoms with E-state index in [1.165, 1.54) is 6.42 Å². The average molecular weight is 463 g/mol. The standard InChI is InChI=1S/C21H20Cl2N4O2S/c1-2-29-21(28)18-19(26-15-6-4-3-5-7-15)27(20(30-18)13(11-24)12-25)17-9-8-14(22)10-16(17)23/h8-10,15,26H,2-7H2,1H3. The van der Waals surface area contributed by atoms with E-state index in [9.17, 15) is 15.3 Å². The molecule has 3 rings (SSSR count). The minimum absolute atomic E-state index is 0.117. The fourth-order valence-electron chi connectivity index (χ4n) is 3.48. The van der Waals surface area contributed by atoms with E-state index in [1.54, 1.807) is 30.0 Å². The molecule has 1 aliphatic heterocycles. The van der Waals surface area contributed by atoms with Gasteiger partial charge in [-0.3, -0.25) is 4.90 Å². The van der Waals surface area contributed by atoms with E-state index in [1.807, 2.05) is 12.1 Å². The third-order valence-electron chi connectivity index (χ3n) is 4.84. The molecule has 1 heterocycles. The zero-order valence-corrected chi connectivity index (χ0v) is 18.7. The van der Waals surface area contributed by atoms with Crippen molar-refractivity contribution < 1.29 is 9.53 Å². The van der Waals surface area contributed by atoms with Crippen molar-refractivity contribution in [3.63, 3.8) is 0 Å². The predicted molar refractivity (Wildman–Crippen MR) is 118 cm³/mol. The molecule has 156 valence electrons. The highest BCUT2D eigenvalue weighted by Gasteiger charge is 2.38. The number of ether oxygens (including phenoxy) is 1. The second-order valence-electron chi connectivity index (χ2n) is 6.81. The monoisotopic (exact) mass is 462 g/mol. The Labute approximate surface area is 190 Å². The smallest absolute Gasteiger partial charge is 0.348 e. The van der Waals surface area contributed by atoms with Gasteiger partial charge in [-0.2, -0.15) is 10.5 Å². The number of rotatable bonds is 5. The van der Waals surface area contributed by atoms with Crippen molar-refractivity contribution in [1.82, 2.24) is 5.32 Å². The summed E-state index contributed by atoms with van der Waals surface area (Å²) in [4.78, 5) is 14.7. The number of halogens is 2. The molecule has 1 N–H and O–H groups in total. The summed E-state index contributed by atoms with van der Waals surface area (Å²) in [6.07, 6.45) is 5.31. The molecule has 1 saturated carbocycles. The number of hydrogen-bond donors (Lipinski definition) is 1. The van der Waals surface area contributed by atoms with Crippen molar-refractivity contribution in [2.45, 2.75) is 45.1 Å². The average Bonchev–Trinajstić information content (AvgIpc) is 3.09. The minimum Gasteiger partial charge on any atom is -0.462 e. The quantitative estimate of drug-likeness (QED) is 0.458. The SMILES string of the molecule is CCOC(=O)C1=C(NC2CCCCC2)N(c2ccc(Cl)cc2Cl)C(=C(C#N)C#N)S1. The molecular formula is C21H20Cl2N4O2S. The van der Waals surface area contributed by atoms with E-state index in [4.69, 9.17) is 27.9 Å². The maximum absolute atomic E-state index is 12.7. The number of nitrogens with one attached hydrogen (secondary N) is 1. The Bertz CT molecular complexity index is 972. The van der Waals surface area contributed by atoms with Gasteiger partial charge in [0, 0.05) is 11.1 Å². The molecular weight excluding hydrogens is 443 g/mol. The number of hydrogen-bond acceptors (Lipinski definition) is 7. The first-order valence-corrected chi connectivity index (χ1v) is 11.2. The minimum atomic E-state index is -0.513. The van der Waals surface area contributed by atoms with E-state index in [2.05, 4.69) is 5.32 Å². The lowest BCUT2D eigenvalue weighted by Gasteiger charge is -2.30. The third-order valence-corrected chi connectivity index (χ3v) is 6.52. The van der Waals surface area contributed by atoms with Crippen molar-refractivity contribution in [1.29, 1.82) is 10.5 Å². The highest BCUT2D eigenvalue weighted by molar-refractivity contribution is 8.08. The molecule has 0 amide bonds. The Morgan fingerprint density at radius 2 is 1.97 bits per heavy atom. The van der Waals surface area contributed by atoms with E-state index >= 15 is 0 Å². The number of anilines is 1. The van der Waals surface area contributed by atoms with Crippen LogP contribution in [-0.2, 0) is 9.53 Å². The van der Waals surface area contributed by atoms with Crippen LogP contribution in [0.1, 0.15) is 39.0 Å². The maximum atomic E-state index is 12.7. The lowest BCUT2D eigenvalue weighted by Crippen LogP contribution is -2.37. The predicted octanol–water partition coefficient (Wildman–Crippen LogP) is 5.46. The maximum Gasteiger partial charge on any atom is 0.348 e. The van der Waals surface area contributed by atoms with E-state index in [0.717, 1.165) is 37.4 Å². The lowest BCUT2D eigenvalue weighted by atomic mass is 9.95. The number of carbonyl (C=O) groups excluding carboxylic acids is 1. The second kappa shape index (κ2) is 10.1. The van der Waals surface area contributed by atoms with Gasteiger partial charge in [0.1, 0.15) is 27.9 Å². The normalized spacial score (nSPS) is 16.8. The van der Waals surface area contributed by atoms with Crippen molar-refractivity contribution in [3.05, 3.63) is 49.6 Å². The second-order valence-corrected chi connectivity index (χ2v) is 8.66. The summed E-state index contributed by atoms with van der Waals surface area (Å²) in [7, 11) is 0. The zero-order valence-electron chi connectivity index (χ0n) is 16.4. The van der Waals surface area contributed by atoms with Crippen LogP contribution in [0.25, 0.3) is 0 Å². The Morgan fingerprint density at radius 1 is 1.27 bits per heavy atom. The highest BCUT2D eigenvalue weighted by Crippen LogP contribution is 2.47. The third kappa shape index (κ3) is 4.70. The lowest BCUT2D eigenvalue weighted by molar-refractivity contribution is -0.137. The van der Waals surface area contributed by atoms with Gasteiger partial charge < -0.3 is 10.1 Å². The molecule has 0 spiro atoms. The van der Waals surface area contributed by atoms with Crippen molar-refractivity contribution in [2.24, 2.45) is 0 Å². The summed E-state index contributed by atoms with van der Waals surface area (Å²) >= 11 is 13.6. The Morgan fingerprint density at radius 3 is 2.57 bits per heavy atom. The van der Waals surface area contributed by atoms with Crippen LogP contribution < -0.4 is 10.2 Å². The van der Waals surface area contributed by atoms with Gasteiger partial charge in [0.2, 0.25) is 0 Å². The molecule has 0 unspecified atom stereocenters. The van der Waals surface area contributed by atoms with Gasteiger partial charge in [-0.05, 0) is 38.0 Å². The van der Waals surface area contributed by atoms with Gasteiger partial charge in [-0.15, -0.1) is 0 Å². The molecule has 9 heteroatoms. The van der Waals surface area contributed by atoms with Crippen molar-refractivity contribution in [2.75, 3.05) is 11.5 Å². The number of esters is 1. The molecule has 0 bridgehead atoms. The molecule has 1 aliphatic carbocycles. The van der Waals surface area contributed by atoms with Crippen LogP contribution >= 0.6 is 35.0 Å². The Kier molecular flexibility index (Phi) is 7.55. The van der Waals surface area contributed by atoms with Gasteiger partial charge in [0.15, 0.2) is 5.57 Å². The summed E-state index contributed by atoms with van der Waals surface area (Å²) in [6.45, 7) is 1.94. The molecule has 30 heavy (non-hydrogen) atoms. The molecule has 0 aromatic heterocycles. The van der Waals surface area contributed by atoms with Crippen LogP contribution in [0.5, 0.6) is 0 Å². The molecule has 6 nitrogen and oxygen atoms in total. The van der Waals surface area contributed by atoms with E-state index in [-0.39, 0.29) is 18.2 Å². The van der Waals surface area contributed by atoms with E-state index in [0.29, 0.717) is 31.5 Å². The van der Waals surface area contributed by atoms with Gasteiger partial charge in [-0.25, -0.2) is 4.79 Å². The largest absolute Gasteiger partial charge is 0.462 e. The number of nitrogens with zero attached hydrogens (tertiary/aromatic N) is 3. The van der Waals surface area contributed by atoms with Crippen LogP contribution in [0.2, 0.25) is 10.0 Å². The summed E-state index contributed by atoms with van der Waals surface area (Å²) in [5.41, 5.74) is 0.400. The first kappa shape index (κ1) is 22.4. The van der Waals surface area contributed by atoms with Crippen LogP contribution in [0.4, 0.5) is 5.69 Å². The fourth-order valence-corrected chi connectivity index (χ4v) is 5.02. The molecule has 2 aliphatic rings. The molecule has 1 aromatic rings. The van der Waals surface area contributed by atoms with Crippen LogP contribution in [0, 0.1) is 22.7 Å². The summed E-state index contributed by atoms with van der Waals surface area (Å²) < 4.78 is 5.25. The van der Waals surface area contributed by atoms with Gasteiger partial charge >= 0.3 is 5.97 Å². The van der Waals surface area contributed by atoms with E-state index < -0.39 is 5.97 Å². The first-order chi connectivity index (χ1) is 14.5.